The molecule has 2 aliphatic rings. The Balaban J connectivity index is 1.80. The van der Waals surface area contributed by atoms with E-state index in [2.05, 4.69) is 33.2 Å². The zero-order valence-electron chi connectivity index (χ0n) is 12.0. The molecule has 4 heteroatoms. The number of nitrogens with one attached hydrogen (secondary N) is 1. The molecule has 3 rings (SSSR count). The van der Waals surface area contributed by atoms with Crippen molar-refractivity contribution in [1.82, 2.24) is 15.3 Å². The molecule has 1 aromatic rings. The van der Waals surface area contributed by atoms with Crippen LogP contribution in [0.5, 0.6) is 0 Å². The highest BCUT2D eigenvalue weighted by molar-refractivity contribution is 5.40. The normalized spacial score (nSPS) is 29.5. The van der Waals surface area contributed by atoms with Gasteiger partial charge >= 0.3 is 0 Å². The molecule has 0 aromatic carbocycles. The molecule has 2 unspecified atom stereocenters. The molecule has 0 aliphatic carbocycles. The predicted octanol–water partition coefficient (Wildman–Crippen LogP) is 2.28. The molecule has 0 spiro atoms. The fourth-order valence-electron chi connectivity index (χ4n) is 3.60. The van der Waals surface area contributed by atoms with E-state index in [1.54, 1.807) is 6.33 Å². The molecule has 0 amide bonds. The van der Waals surface area contributed by atoms with Crippen LogP contribution >= 0.6 is 0 Å². The second kappa shape index (κ2) is 5.45. The highest BCUT2D eigenvalue weighted by Gasteiger charge is 2.36. The van der Waals surface area contributed by atoms with Crippen LogP contribution in [0.3, 0.4) is 0 Å². The SMILES string of the molecule is CCCN(c1cc(C)ncn1)C1CC2CCC(C1)N2. The van der Waals surface area contributed by atoms with E-state index in [9.17, 15) is 0 Å². The number of nitrogens with zero attached hydrogens (tertiary/aromatic N) is 3. The Bertz CT molecular complexity index is 422. The standard InChI is InChI=1S/C15H24N4/c1-3-6-19(15-7-11(2)16-10-17-15)14-8-12-4-5-13(9-14)18-12/h7,10,12-14,18H,3-6,8-9H2,1-2H3. The number of aromatic nitrogens is 2. The second-order valence-electron chi connectivity index (χ2n) is 5.97. The maximum Gasteiger partial charge on any atom is 0.132 e. The molecule has 1 N–H and O–H groups in total. The van der Waals surface area contributed by atoms with Gasteiger partial charge in [-0.3, -0.25) is 0 Å². The minimum absolute atomic E-state index is 0.646. The maximum atomic E-state index is 4.50. The van der Waals surface area contributed by atoms with Crippen LogP contribution < -0.4 is 10.2 Å². The van der Waals surface area contributed by atoms with E-state index < -0.39 is 0 Å². The Hall–Kier alpha value is -1.16. The largest absolute Gasteiger partial charge is 0.353 e. The number of hydrogen-bond donors (Lipinski definition) is 1. The number of anilines is 1. The summed E-state index contributed by atoms with van der Waals surface area (Å²) in [6, 6.07) is 4.23. The molecular formula is C15H24N4. The Labute approximate surface area is 115 Å². The summed E-state index contributed by atoms with van der Waals surface area (Å²) in [5.74, 6) is 1.11. The molecule has 4 nitrogen and oxygen atoms in total. The first-order valence-electron chi connectivity index (χ1n) is 7.57. The zero-order chi connectivity index (χ0) is 13.2. The maximum absolute atomic E-state index is 4.50. The van der Waals surface area contributed by atoms with Crippen molar-refractivity contribution >= 4 is 5.82 Å². The minimum atomic E-state index is 0.646. The lowest BCUT2D eigenvalue weighted by molar-refractivity contribution is 0.345. The van der Waals surface area contributed by atoms with Gasteiger partial charge in [0, 0.05) is 36.4 Å². The van der Waals surface area contributed by atoms with E-state index >= 15 is 0 Å². The van der Waals surface area contributed by atoms with Crippen LogP contribution in [0.1, 0.15) is 44.7 Å². The number of aryl methyl sites for hydroxylation is 1. The van der Waals surface area contributed by atoms with Crippen LogP contribution in [0, 0.1) is 6.92 Å². The van der Waals surface area contributed by atoms with E-state index in [4.69, 9.17) is 0 Å². The average Bonchev–Trinajstić information content (AvgIpc) is 2.75. The summed E-state index contributed by atoms with van der Waals surface area (Å²) in [5, 5.41) is 3.72. The van der Waals surface area contributed by atoms with Gasteiger partial charge in [0.15, 0.2) is 0 Å². The smallest absolute Gasteiger partial charge is 0.132 e. The van der Waals surface area contributed by atoms with Gasteiger partial charge in [0.1, 0.15) is 12.1 Å². The second-order valence-corrected chi connectivity index (χ2v) is 5.97. The van der Waals surface area contributed by atoms with E-state index in [0.29, 0.717) is 6.04 Å². The highest BCUT2D eigenvalue weighted by Crippen LogP contribution is 2.31. The number of rotatable bonds is 4. The van der Waals surface area contributed by atoms with Crippen LogP contribution in [0.2, 0.25) is 0 Å². The lowest BCUT2D eigenvalue weighted by Crippen LogP contribution is -2.49. The molecule has 1 aromatic heterocycles. The monoisotopic (exact) mass is 260 g/mol. The van der Waals surface area contributed by atoms with Gasteiger partial charge in [0.2, 0.25) is 0 Å². The van der Waals surface area contributed by atoms with Crippen LogP contribution in [0.15, 0.2) is 12.4 Å². The molecule has 2 atom stereocenters. The third-order valence-electron chi connectivity index (χ3n) is 4.44. The van der Waals surface area contributed by atoms with Gasteiger partial charge < -0.3 is 10.2 Å². The molecule has 0 saturated carbocycles. The summed E-state index contributed by atoms with van der Waals surface area (Å²) in [7, 11) is 0. The van der Waals surface area contributed by atoms with Crippen molar-refractivity contribution < 1.29 is 0 Å². The third-order valence-corrected chi connectivity index (χ3v) is 4.44. The first-order valence-corrected chi connectivity index (χ1v) is 7.57. The summed E-state index contributed by atoms with van der Waals surface area (Å²) in [4.78, 5) is 11.2. The van der Waals surface area contributed by atoms with Gasteiger partial charge in [-0.25, -0.2) is 9.97 Å². The van der Waals surface area contributed by atoms with Crippen molar-refractivity contribution in [3.05, 3.63) is 18.1 Å². The first-order chi connectivity index (χ1) is 9.26. The fourth-order valence-corrected chi connectivity index (χ4v) is 3.60. The summed E-state index contributed by atoms with van der Waals surface area (Å²) in [6.45, 7) is 5.39. The van der Waals surface area contributed by atoms with Gasteiger partial charge in [-0.2, -0.15) is 0 Å². The van der Waals surface area contributed by atoms with Crippen molar-refractivity contribution in [2.75, 3.05) is 11.4 Å². The topological polar surface area (TPSA) is 41.1 Å². The summed E-state index contributed by atoms with van der Waals surface area (Å²) < 4.78 is 0. The molecule has 19 heavy (non-hydrogen) atoms. The van der Waals surface area contributed by atoms with E-state index in [1.807, 2.05) is 6.92 Å². The number of hydrogen-bond acceptors (Lipinski definition) is 4. The van der Waals surface area contributed by atoms with Crippen molar-refractivity contribution in [1.29, 1.82) is 0 Å². The quantitative estimate of drug-likeness (QED) is 0.902. The van der Waals surface area contributed by atoms with Gasteiger partial charge in [-0.05, 0) is 39.0 Å². The number of fused-ring (bicyclic) bond motifs is 2. The van der Waals surface area contributed by atoms with Crippen molar-refractivity contribution in [2.24, 2.45) is 0 Å². The average molecular weight is 260 g/mol. The Kier molecular flexibility index (Phi) is 3.69. The van der Waals surface area contributed by atoms with Gasteiger partial charge in [-0.1, -0.05) is 6.92 Å². The molecular weight excluding hydrogens is 236 g/mol. The molecule has 0 radical (unpaired) electrons. The lowest BCUT2D eigenvalue weighted by Gasteiger charge is -2.38. The van der Waals surface area contributed by atoms with Crippen molar-refractivity contribution in [2.45, 2.75) is 64.1 Å². The molecule has 104 valence electrons. The summed E-state index contributed by atoms with van der Waals surface area (Å²) >= 11 is 0. The molecule has 2 saturated heterocycles. The highest BCUT2D eigenvalue weighted by atomic mass is 15.2. The van der Waals surface area contributed by atoms with Crippen LogP contribution in [0.4, 0.5) is 5.82 Å². The van der Waals surface area contributed by atoms with Crippen molar-refractivity contribution in [3.8, 4) is 0 Å². The number of piperidine rings is 1. The lowest BCUT2D eigenvalue weighted by atomic mass is 9.98. The molecule has 3 heterocycles. The van der Waals surface area contributed by atoms with Gasteiger partial charge in [0.05, 0.1) is 0 Å². The summed E-state index contributed by atoms with van der Waals surface area (Å²) in [6.07, 6.45) is 8.10. The Morgan fingerprint density at radius 2 is 2.00 bits per heavy atom. The Morgan fingerprint density at radius 3 is 2.63 bits per heavy atom. The third kappa shape index (κ3) is 2.73. The van der Waals surface area contributed by atoms with Crippen LogP contribution in [0.25, 0.3) is 0 Å². The molecule has 2 fully saturated rings. The first kappa shape index (κ1) is 12.9. The fraction of sp³-hybridized carbons (Fsp3) is 0.733. The Morgan fingerprint density at radius 1 is 1.26 bits per heavy atom. The zero-order valence-corrected chi connectivity index (χ0v) is 12.0. The van der Waals surface area contributed by atoms with E-state index in [1.165, 1.54) is 32.1 Å². The molecule has 2 aliphatic heterocycles. The predicted molar refractivity (Wildman–Crippen MR) is 77.4 cm³/mol. The van der Waals surface area contributed by atoms with E-state index in [-0.39, 0.29) is 0 Å². The van der Waals surface area contributed by atoms with Crippen LogP contribution in [-0.4, -0.2) is 34.6 Å². The molecule has 2 bridgehead atoms. The van der Waals surface area contributed by atoms with Gasteiger partial charge in [0.25, 0.3) is 0 Å². The van der Waals surface area contributed by atoms with Crippen LogP contribution in [-0.2, 0) is 0 Å². The minimum Gasteiger partial charge on any atom is -0.353 e. The summed E-state index contributed by atoms with van der Waals surface area (Å²) in [5.41, 5.74) is 1.06. The van der Waals surface area contributed by atoms with Gasteiger partial charge in [-0.15, -0.1) is 0 Å². The van der Waals surface area contributed by atoms with Crippen molar-refractivity contribution in [3.63, 3.8) is 0 Å². The van der Waals surface area contributed by atoms with E-state index in [0.717, 1.165) is 30.1 Å².